The summed E-state index contributed by atoms with van der Waals surface area (Å²) in [4.78, 5) is 50.6. The van der Waals surface area contributed by atoms with Crippen LogP contribution < -0.4 is 21.7 Å². The lowest BCUT2D eigenvalue weighted by molar-refractivity contribution is -0.123. The SMILES string of the molecule is CC(NC(=O)c1ccccc1)C(=O)NNC(=O)c1nn(Cc2ccccc2)c(=O)c2ccccc12. The average molecular weight is 470 g/mol. The number of hydrazine groups is 1. The van der Waals surface area contributed by atoms with Gasteiger partial charge in [-0.25, -0.2) is 4.68 Å². The monoisotopic (exact) mass is 469 g/mol. The number of fused-ring (bicyclic) bond motifs is 1. The first-order valence-electron chi connectivity index (χ1n) is 10.9. The Balaban J connectivity index is 1.50. The predicted octanol–water partition coefficient (Wildman–Crippen LogP) is 2.02. The molecule has 0 radical (unpaired) electrons. The van der Waals surface area contributed by atoms with E-state index in [0.29, 0.717) is 16.3 Å². The predicted molar refractivity (Wildman–Crippen MR) is 131 cm³/mol. The van der Waals surface area contributed by atoms with E-state index in [9.17, 15) is 19.2 Å². The lowest BCUT2D eigenvalue weighted by Crippen LogP contribution is -2.51. The molecule has 0 bridgehead atoms. The van der Waals surface area contributed by atoms with E-state index in [1.807, 2.05) is 30.3 Å². The van der Waals surface area contributed by atoms with Crippen molar-refractivity contribution >= 4 is 28.5 Å². The van der Waals surface area contributed by atoms with Crippen molar-refractivity contribution in [1.29, 1.82) is 0 Å². The zero-order chi connectivity index (χ0) is 24.8. The molecule has 1 heterocycles. The molecule has 1 unspecified atom stereocenters. The molecule has 4 rings (SSSR count). The first-order valence-corrected chi connectivity index (χ1v) is 10.9. The van der Waals surface area contributed by atoms with Crippen LogP contribution in [0.25, 0.3) is 10.8 Å². The first-order chi connectivity index (χ1) is 16.9. The minimum atomic E-state index is -0.917. The number of benzene rings is 3. The fourth-order valence-electron chi connectivity index (χ4n) is 3.49. The Morgan fingerprint density at radius 1 is 0.800 bits per heavy atom. The topological polar surface area (TPSA) is 122 Å². The molecule has 0 aliphatic heterocycles. The molecule has 3 aromatic carbocycles. The molecule has 0 spiro atoms. The highest BCUT2D eigenvalue weighted by Gasteiger charge is 2.20. The standard InChI is InChI=1S/C26H23N5O4/c1-17(27-24(33)19-12-6-3-7-13-19)23(32)28-29-25(34)22-20-14-8-9-15-21(20)26(35)31(30-22)16-18-10-4-2-5-11-18/h2-15,17H,16H2,1H3,(H,27,33)(H,28,32)(H,29,34). The molecule has 0 saturated heterocycles. The van der Waals surface area contributed by atoms with Crippen molar-refractivity contribution in [3.05, 3.63) is 112 Å². The van der Waals surface area contributed by atoms with Crippen molar-refractivity contribution in [2.24, 2.45) is 0 Å². The van der Waals surface area contributed by atoms with E-state index in [-0.39, 0.29) is 17.8 Å². The summed E-state index contributed by atoms with van der Waals surface area (Å²) < 4.78 is 1.22. The molecule has 0 aliphatic rings. The van der Waals surface area contributed by atoms with Crippen LogP contribution in [0.15, 0.2) is 89.7 Å². The van der Waals surface area contributed by atoms with Gasteiger partial charge in [0.15, 0.2) is 5.69 Å². The van der Waals surface area contributed by atoms with Crippen molar-refractivity contribution in [2.75, 3.05) is 0 Å². The van der Waals surface area contributed by atoms with Gasteiger partial charge in [-0.3, -0.25) is 30.0 Å². The second kappa shape index (κ2) is 10.4. The molecule has 4 aromatic rings. The molecule has 3 amide bonds. The normalized spacial score (nSPS) is 11.5. The largest absolute Gasteiger partial charge is 0.340 e. The Morgan fingerprint density at radius 3 is 2.09 bits per heavy atom. The van der Waals surface area contributed by atoms with Gasteiger partial charge >= 0.3 is 0 Å². The molecule has 0 fully saturated rings. The maximum Gasteiger partial charge on any atom is 0.290 e. The van der Waals surface area contributed by atoms with Crippen LogP contribution in [0, 0.1) is 0 Å². The van der Waals surface area contributed by atoms with Gasteiger partial charge in [-0.15, -0.1) is 0 Å². The number of carbonyl (C=O) groups is 3. The van der Waals surface area contributed by atoms with Crippen LogP contribution in [0.4, 0.5) is 0 Å². The van der Waals surface area contributed by atoms with Crippen molar-refractivity contribution in [3.8, 4) is 0 Å². The first kappa shape index (κ1) is 23.4. The number of rotatable bonds is 6. The quantitative estimate of drug-likeness (QED) is 0.373. The summed E-state index contributed by atoms with van der Waals surface area (Å²) in [6.45, 7) is 1.68. The van der Waals surface area contributed by atoms with Crippen molar-refractivity contribution in [3.63, 3.8) is 0 Å². The Morgan fingerprint density at radius 2 is 1.40 bits per heavy atom. The second-order valence-corrected chi connectivity index (χ2v) is 7.85. The van der Waals surface area contributed by atoms with E-state index >= 15 is 0 Å². The van der Waals surface area contributed by atoms with Crippen LogP contribution in [0.1, 0.15) is 33.3 Å². The third kappa shape index (κ3) is 5.41. The number of aromatic nitrogens is 2. The molecule has 1 aromatic heterocycles. The zero-order valence-electron chi connectivity index (χ0n) is 18.9. The number of carbonyl (C=O) groups excluding carboxylic acids is 3. The number of nitrogens with zero attached hydrogens (tertiary/aromatic N) is 2. The van der Waals surface area contributed by atoms with E-state index in [1.54, 1.807) is 54.6 Å². The van der Waals surface area contributed by atoms with E-state index in [2.05, 4.69) is 21.3 Å². The fourth-order valence-corrected chi connectivity index (χ4v) is 3.49. The lowest BCUT2D eigenvalue weighted by Gasteiger charge is -2.15. The number of hydrogen-bond acceptors (Lipinski definition) is 5. The summed E-state index contributed by atoms with van der Waals surface area (Å²) in [5, 5.41) is 7.54. The number of amides is 3. The van der Waals surface area contributed by atoms with Crippen molar-refractivity contribution < 1.29 is 14.4 Å². The Bertz CT molecular complexity index is 1430. The Hall–Kier alpha value is -4.79. The highest BCUT2D eigenvalue weighted by molar-refractivity contribution is 6.05. The molecule has 1 atom stereocenters. The van der Waals surface area contributed by atoms with Crippen LogP contribution in [-0.4, -0.2) is 33.5 Å². The third-order valence-corrected chi connectivity index (χ3v) is 5.33. The molecule has 176 valence electrons. The fraction of sp³-hybridized carbons (Fsp3) is 0.115. The number of hydrogen-bond donors (Lipinski definition) is 3. The molecule has 0 saturated carbocycles. The smallest absolute Gasteiger partial charge is 0.290 e. The van der Waals surface area contributed by atoms with Gasteiger partial charge in [0.25, 0.3) is 23.3 Å². The van der Waals surface area contributed by atoms with Crippen molar-refractivity contribution in [2.45, 2.75) is 19.5 Å². The van der Waals surface area contributed by atoms with Crippen molar-refractivity contribution in [1.82, 2.24) is 25.9 Å². The van der Waals surface area contributed by atoms with E-state index in [1.165, 1.54) is 11.6 Å². The summed E-state index contributed by atoms with van der Waals surface area (Å²) in [5.74, 6) is -1.73. The summed E-state index contributed by atoms with van der Waals surface area (Å²) >= 11 is 0. The molecule has 0 aliphatic carbocycles. The van der Waals surface area contributed by atoms with Crippen LogP contribution in [0.2, 0.25) is 0 Å². The zero-order valence-corrected chi connectivity index (χ0v) is 18.9. The van der Waals surface area contributed by atoms with Gasteiger partial charge in [0.05, 0.1) is 11.9 Å². The van der Waals surface area contributed by atoms with Gasteiger partial charge in [0, 0.05) is 10.9 Å². The van der Waals surface area contributed by atoms with Gasteiger partial charge in [-0.05, 0) is 30.7 Å². The van der Waals surface area contributed by atoms with E-state index in [4.69, 9.17) is 0 Å². The van der Waals surface area contributed by atoms with E-state index in [0.717, 1.165) is 5.56 Å². The summed E-state index contributed by atoms with van der Waals surface area (Å²) in [5.41, 5.74) is 5.54. The van der Waals surface area contributed by atoms with E-state index < -0.39 is 23.8 Å². The highest BCUT2D eigenvalue weighted by atomic mass is 16.2. The number of nitrogens with one attached hydrogen (secondary N) is 3. The van der Waals surface area contributed by atoms with Gasteiger partial charge in [-0.2, -0.15) is 5.10 Å². The maximum absolute atomic E-state index is 13.0. The maximum atomic E-state index is 13.0. The molecule has 3 N–H and O–H groups in total. The lowest BCUT2D eigenvalue weighted by atomic mass is 10.1. The summed E-state index contributed by atoms with van der Waals surface area (Å²) in [6.07, 6.45) is 0. The van der Waals surface area contributed by atoms with Crippen LogP contribution in [-0.2, 0) is 11.3 Å². The van der Waals surface area contributed by atoms with Gasteiger partial charge in [0.2, 0.25) is 0 Å². The van der Waals surface area contributed by atoms with Crippen LogP contribution in [0.3, 0.4) is 0 Å². The summed E-state index contributed by atoms with van der Waals surface area (Å²) in [7, 11) is 0. The van der Waals surface area contributed by atoms with Gasteiger partial charge in [-0.1, -0.05) is 66.7 Å². The molecular weight excluding hydrogens is 446 g/mol. The Labute approximate surface area is 200 Å². The second-order valence-electron chi connectivity index (χ2n) is 7.85. The molecule has 35 heavy (non-hydrogen) atoms. The summed E-state index contributed by atoms with van der Waals surface area (Å²) in [6, 6.07) is 23.5. The Kier molecular flexibility index (Phi) is 6.96. The van der Waals surface area contributed by atoms with Crippen LogP contribution in [0.5, 0.6) is 0 Å². The minimum absolute atomic E-state index is 0.0163. The van der Waals surface area contributed by atoms with Crippen LogP contribution >= 0.6 is 0 Å². The average Bonchev–Trinajstić information content (AvgIpc) is 2.89. The minimum Gasteiger partial charge on any atom is -0.340 e. The highest BCUT2D eigenvalue weighted by Crippen LogP contribution is 2.14. The molecular formula is C26H23N5O4. The molecule has 9 nitrogen and oxygen atoms in total. The third-order valence-electron chi connectivity index (χ3n) is 5.33. The van der Waals surface area contributed by atoms with Gasteiger partial charge < -0.3 is 5.32 Å². The van der Waals surface area contributed by atoms with Gasteiger partial charge in [0.1, 0.15) is 6.04 Å². The molecule has 9 heteroatoms.